The molecule has 0 aliphatic carbocycles. The normalized spacial score (nSPS) is 11.2. The molecule has 3 rings (SSSR count). The summed E-state index contributed by atoms with van der Waals surface area (Å²) in [6.07, 6.45) is 0.610. The van der Waals surface area contributed by atoms with Gasteiger partial charge in [-0.1, -0.05) is 48.5 Å². The van der Waals surface area contributed by atoms with Crippen LogP contribution >= 0.6 is 0 Å². The van der Waals surface area contributed by atoms with Crippen LogP contribution in [0.25, 0.3) is 0 Å². The van der Waals surface area contributed by atoms with Crippen molar-refractivity contribution in [2.24, 2.45) is 0 Å². The van der Waals surface area contributed by atoms with Gasteiger partial charge in [0.2, 0.25) is 10.0 Å². The Hall–Kier alpha value is -2.96. The van der Waals surface area contributed by atoms with E-state index in [1.807, 2.05) is 60.7 Å². The van der Waals surface area contributed by atoms with Crippen molar-refractivity contribution < 1.29 is 13.2 Å². The van der Waals surface area contributed by atoms with Crippen molar-refractivity contribution >= 4 is 21.6 Å². The van der Waals surface area contributed by atoms with Gasteiger partial charge in [-0.15, -0.1) is 0 Å². The van der Waals surface area contributed by atoms with Crippen LogP contribution in [0.5, 0.6) is 0 Å². The molecule has 0 atom stereocenters. The Bertz CT molecular complexity index is 1020. The van der Waals surface area contributed by atoms with E-state index in [0.29, 0.717) is 18.5 Å². The molecule has 1 N–H and O–H groups in total. The summed E-state index contributed by atoms with van der Waals surface area (Å²) in [5.74, 6) is -0.202. The molecule has 144 valence electrons. The fourth-order valence-corrected chi connectivity index (χ4v) is 3.83. The lowest BCUT2D eigenvalue weighted by atomic mass is 10.2. The predicted molar refractivity (Wildman–Crippen MR) is 111 cm³/mol. The number of carbonyl (C=O) groups is 1. The number of nitrogens with one attached hydrogen (secondary N) is 1. The van der Waals surface area contributed by atoms with Gasteiger partial charge in [-0.25, -0.2) is 13.1 Å². The standard InChI is InChI=1S/C22H22N2O3S/c1-24(20-10-6-3-7-11-20)22(25)19-12-14-21(15-13-19)28(26,27)23-17-16-18-8-4-2-5-9-18/h2-15,23H,16-17H2,1H3. The fraction of sp³-hybridized carbons (Fsp3) is 0.136. The molecule has 0 spiro atoms. The molecule has 3 aromatic carbocycles. The summed E-state index contributed by atoms with van der Waals surface area (Å²) >= 11 is 0. The third-order valence-electron chi connectivity index (χ3n) is 4.41. The van der Waals surface area contributed by atoms with Crippen LogP contribution in [0.3, 0.4) is 0 Å². The van der Waals surface area contributed by atoms with Crippen molar-refractivity contribution in [1.29, 1.82) is 0 Å². The molecule has 3 aromatic rings. The van der Waals surface area contributed by atoms with E-state index in [-0.39, 0.29) is 10.8 Å². The molecule has 6 heteroatoms. The lowest BCUT2D eigenvalue weighted by Crippen LogP contribution is -2.27. The van der Waals surface area contributed by atoms with Crippen LogP contribution < -0.4 is 9.62 Å². The lowest BCUT2D eigenvalue weighted by molar-refractivity contribution is 0.0993. The molecular weight excluding hydrogens is 372 g/mol. The molecule has 0 fully saturated rings. The summed E-state index contributed by atoms with van der Waals surface area (Å²) in [7, 11) is -1.93. The SMILES string of the molecule is CN(C(=O)c1ccc(S(=O)(=O)NCCc2ccccc2)cc1)c1ccccc1. The molecule has 0 unspecified atom stereocenters. The first-order chi connectivity index (χ1) is 13.5. The van der Waals surface area contributed by atoms with Crippen molar-refractivity contribution in [2.45, 2.75) is 11.3 Å². The summed E-state index contributed by atoms with van der Waals surface area (Å²) in [4.78, 5) is 14.3. The molecule has 0 saturated heterocycles. The maximum atomic E-state index is 12.6. The summed E-state index contributed by atoms with van der Waals surface area (Å²) in [6.45, 7) is 0.309. The molecular formula is C22H22N2O3S. The second kappa shape index (κ2) is 8.82. The van der Waals surface area contributed by atoms with E-state index in [4.69, 9.17) is 0 Å². The number of carbonyl (C=O) groups excluding carboxylic acids is 1. The molecule has 28 heavy (non-hydrogen) atoms. The molecule has 0 bridgehead atoms. The summed E-state index contributed by atoms with van der Waals surface area (Å²) < 4.78 is 27.5. The van der Waals surface area contributed by atoms with E-state index >= 15 is 0 Å². The van der Waals surface area contributed by atoms with Gasteiger partial charge in [-0.05, 0) is 48.4 Å². The zero-order chi connectivity index (χ0) is 20.0. The lowest BCUT2D eigenvalue weighted by Gasteiger charge is -2.17. The van der Waals surface area contributed by atoms with Crippen LogP contribution in [0.1, 0.15) is 15.9 Å². The predicted octanol–water partition coefficient (Wildman–Crippen LogP) is 3.48. The number of para-hydroxylation sites is 1. The van der Waals surface area contributed by atoms with E-state index in [1.165, 1.54) is 29.2 Å². The first-order valence-corrected chi connectivity index (χ1v) is 10.4. The van der Waals surface area contributed by atoms with Crippen LogP contribution in [0, 0.1) is 0 Å². The monoisotopic (exact) mass is 394 g/mol. The van der Waals surface area contributed by atoms with Crippen LogP contribution in [0.2, 0.25) is 0 Å². The Morgan fingerprint density at radius 1 is 0.857 bits per heavy atom. The van der Waals surface area contributed by atoms with Gasteiger partial charge >= 0.3 is 0 Å². The first-order valence-electron chi connectivity index (χ1n) is 8.94. The number of amides is 1. The maximum absolute atomic E-state index is 12.6. The Kier molecular flexibility index (Phi) is 6.23. The average molecular weight is 394 g/mol. The van der Waals surface area contributed by atoms with Crippen molar-refractivity contribution in [2.75, 3.05) is 18.5 Å². The van der Waals surface area contributed by atoms with E-state index in [9.17, 15) is 13.2 Å². The largest absolute Gasteiger partial charge is 0.311 e. The molecule has 0 aliphatic rings. The number of benzene rings is 3. The van der Waals surface area contributed by atoms with E-state index in [0.717, 1.165) is 11.3 Å². The van der Waals surface area contributed by atoms with Gasteiger partial charge in [-0.3, -0.25) is 4.79 Å². The number of anilines is 1. The highest BCUT2D eigenvalue weighted by Gasteiger charge is 2.17. The van der Waals surface area contributed by atoms with Crippen LogP contribution in [0.4, 0.5) is 5.69 Å². The van der Waals surface area contributed by atoms with E-state index < -0.39 is 10.0 Å². The summed E-state index contributed by atoms with van der Waals surface area (Å²) in [6, 6.07) is 24.9. The quantitative estimate of drug-likeness (QED) is 0.667. The molecule has 0 heterocycles. The first kappa shape index (κ1) is 19.8. The molecule has 5 nitrogen and oxygen atoms in total. The fourth-order valence-electron chi connectivity index (χ4n) is 2.80. The van der Waals surface area contributed by atoms with Crippen molar-refractivity contribution in [3.8, 4) is 0 Å². The van der Waals surface area contributed by atoms with Gasteiger partial charge in [0.15, 0.2) is 0 Å². The van der Waals surface area contributed by atoms with Crippen LogP contribution in [-0.2, 0) is 16.4 Å². The Morgan fingerprint density at radius 2 is 1.43 bits per heavy atom. The average Bonchev–Trinajstić information content (AvgIpc) is 2.74. The highest BCUT2D eigenvalue weighted by Crippen LogP contribution is 2.17. The smallest absolute Gasteiger partial charge is 0.258 e. The molecule has 1 amide bonds. The summed E-state index contributed by atoms with van der Waals surface area (Å²) in [5, 5.41) is 0. The molecule has 0 saturated carbocycles. The number of hydrogen-bond donors (Lipinski definition) is 1. The van der Waals surface area contributed by atoms with Crippen molar-refractivity contribution in [3.05, 3.63) is 96.1 Å². The Labute approximate surface area is 165 Å². The zero-order valence-electron chi connectivity index (χ0n) is 15.6. The Balaban J connectivity index is 1.65. The second-order valence-electron chi connectivity index (χ2n) is 6.36. The minimum Gasteiger partial charge on any atom is -0.311 e. The molecule has 0 radical (unpaired) electrons. The van der Waals surface area contributed by atoms with Gasteiger partial charge in [0, 0.05) is 24.8 Å². The number of rotatable bonds is 7. The zero-order valence-corrected chi connectivity index (χ0v) is 16.4. The number of sulfonamides is 1. The van der Waals surface area contributed by atoms with Gasteiger partial charge in [0.05, 0.1) is 4.90 Å². The minimum atomic E-state index is -3.62. The third kappa shape index (κ3) is 4.85. The van der Waals surface area contributed by atoms with Crippen LogP contribution in [0.15, 0.2) is 89.8 Å². The number of nitrogens with zero attached hydrogens (tertiary/aromatic N) is 1. The van der Waals surface area contributed by atoms with E-state index in [2.05, 4.69) is 4.72 Å². The van der Waals surface area contributed by atoms with Crippen molar-refractivity contribution in [1.82, 2.24) is 4.72 Å². The number of hydrogen-bond acceptors (Lipinski definition) is 3. The topological polar surface area (TPSA) is 66.5 Å². The molecule has 0 aromatic heterocycles. The van der Waals surface area contributed by atoms with E-state index in [1.54, 1.807) is 7.05 Å². The minimum absolute atomic E-state index is 0.138. The Morgan fingerprint density at radius 3 is 2.04 bits per heavy atom. The molecule has 0 aliphatic heterocycles. The van der Waals surface area contributed by atoms with Crippen LogP contribution in [-0.4, -0.2) is 27.9 Å². The van der Waals surface area contributed by atoms with Crippen molar-refractivity contribution in [3.63, 3.8) is 0 Å². The van der Waals surface area contributed by atoms with Gasteiger partial charge in [-0.2, -0.15) is 0 Å². The highest BCUT2D eigenvalue weighted by atomic mass is 32.2. The van der Waals surface area contributed by atoms with Gasteiger partial charge < -0.3 is 4.90 Å². The van der Waals surface area contributed by atoms with Gasteiger partial charge in [0.25, 0.3) is 5.91 Å². The highest BCUT2D eigenvalue weighted by molar-refractivity contribution is 7.89. The van der Waals surface area contributed by atoms with Gasteiger partial charge in [0.1, 0.15) is 0 Å². The second-order valence-corrected chi connectivity index (χ2v) is 8.12. The maximum Gasteiger partial charge on any atom is 0.258 e. The summed E-state index contributed by atoms with van der Waals surface area (Å²) in [5.41, 5.74) is 2.26. The third-order valence-corrected chi connectivity index (χ3v) is 5.89.